The molecular formula is C21H24N4O2. The molecule has 1 atom stereocenters. The Bertz CT molecular complexity index is 966. The lowest BCUT2D eigenvalue weighted by Gasteiger charge is -2.17. The summed E-state index contributed by atoms with van der Waals surface area (Å²) in [5.74, 6) is 2.27. The van der Waals surface area contributed by atoms with Gasteiger partial charge in [-0.1, -0.05) is 18.2 Å². The summed E-state index contributed by atoms with van der Waals surface area (Å²) in [7, 11) is 2.01. The topological polar surface area (TPSA) is 60.2 Å². The average Bonchev–Trinajstić information content (AvgIpc) is 3.27. The molecule has 1 saturated heterocycles. The van der Waals surface area contributed by atoms with Crippen LogP contribution in [-0.2, 0) is 18.3 Å². The summed E-state index contributed by atoms with van der Waals surface area (Å²) in [6, 6.07) is 11.7. The number of pyridine rings is 1. The second-order valence-corrected chi connectivity index (χ2v) is 7.19. The minimum atomic E-state index is 0.0485. The monoisotopic (exact) mass is 364 g/mol. The van der Waals surface area contributed by atoms with Gasteiger partial charge in [-0.05, 0) is 43.0 Å². The van der Waals surface area contributed by atoms with Crippen LogP contribution in [0.5, 0.6) is 5.75 Å². The molecule has 0 N–H and O–H groups in total. The van der Waals surface area contributed by atoms with E-state index in [1.807, 2.05) is 55.3 Å². The van der Waals surface area contributed by atoms with E-state index in [4.69, 9.17) is 9.72 Å². The third-order valence-corrected chi connectivity index (χ3v) is 5.28. The molecule has 1 aromatic carbocycles. The molecule has 1 aliphatic heterocycles. The predicted octanol–water partition coefficient (Wildman–Crippen LogP) is 2.75. The fraction of sp³-hybridized carbons (Fsp3) is 0.381. The molecule has 4 rings (SSSR count). The second-order valence-electron chi connectivity index (χ2n) is 7.19. The molecular weight excluding hydrogens is 340 g/mol. The molecule has 0 radical (unpaired) electrons. The van der Waals surface area contributed by atoms with Crippen molar-refractivity contribution in [1.29, 1.82) is 0 Å². The highest BCUT2D eigenvalue weighted by Crippen LogP contribution is 2.23. The van der Waals surface area contributed by atoms with E-state index in [0.717, 1.165) is 54.2 Å². The number of carbonyl (C=O) groups is 1. The number of fused-ring (bicyclic) bond motifs is 1. The largest absolute Gasteiger partial charge is 0.484 e. The number of amides is 1. The molecule has 27 heavy (non-hydrogen) atoms. The molecule has 1 fully saturated rings. The van der Waals surface area contributed by atoms with E-state index in [2.05, 4.69) is 9.55 Å². The van der Waals surface area contributed by atoms with Crippen LogP contribution in [0, 0.1) is 12.8 Å². The molecule has 0 bridgehead atoms. The molecule has 6 nitrogen and oxygen atoms in total. The highest BCUT2D eigenvalue weighted by atomic mass is 16.5. The number of hydrogen-bond acceptors (Lipinski definition) is 4. The van der Waals surface area contributed by atoms with E-state index in [1.165, 1.54) is 0 Å². The summed E-state index contributed by atoms with van der Waals surface area (Å²) in [6.07, 6.45) is 3.64. The van der Waals surface area contributed by atoms with Gasteiger partial charge in [0.15, 0.2) is 12.3 Å². The van der Waals surface area contributed by atoms with Crippen molar-refractivity contribution in [2.24, 2.45) is 13.0 Å². The Balaban J connectivity index is 1.34. The zero-order valence-electron chi connectivity index (χ0n) is 15.8. The average molecular weight is 364 g/mol. The lowest BCUT2D eigenvalue weighted by Crippen LogP contribution is -2.33. The number of rotatable bonds is 5. The lowest BCUT2D eigenvalue weighted by molar-refractivity contribution is -0.132. The molecule has 140 valence electrons. The quantitative estimate of drug-likeness (QED) is 0.698. The molecule has 2 aromatic heterocycles. The maximum absolute atomic E-state index is 12.5. The summed E-state index contributed by atoms with van der Waals surface area (Å²) in [4.78, 5) is 23.5. The maximum atomic E-state index is 12.5. The smallest absolute Gasteiger partial charge is 0.260 e. The first-order valence-corrected chi connectivity index (χ1v) is 9.34. The zero-order chi connectivity index (χ0) is 18.8. The molecule has 1 aliphatic rings. The third-order valence-electron chi connectivity index (χ3n) is 5.28. The Kier molecular flexibility index (Phi) is 4.79. The van der Waals surface area contributed by atoms with E-state index < -0.39 is 0 Å². The highest BCUT2D eigenvalue weighted by molar-refractivity contribution is 5.78. The number of para-hydroxylation sites is 1. The molecule has 3 aromatic rings. The van der Waals surface area contributed by atoms with Gasteiger partial charge in [-0.25, -0.2) is 9.97 Å². The van der Waals surface area contributed by atoms with Crippen LogP contribution in [0.4, 0.5) is 0 Å². The number of aryl methyl sites for hydroxylation is 2. The van der Waals surface area contributed by atoms with Crippen molar-refractivity contribution in [3.8, 4) is 5.75 Å². The number of ether oxygens (including phenoxy) is 1. The molecule has 1 amide bonds. The Morgan fingerprint density at radius 3 is 2.93 bits per heavy atom. The van der Waals surface area contributed by atoms with Crippen molar-refractivity contribution in [3.05, 3.63) is 54.0 Å². The Morgan fingerprint density at radius 2 is 2.11 bits per heavy atom. The number of imidazole rings is 1. The summed E-state index contributed by atoms with van der Waals surface area (Å²) < 4.78 is 7.76. The molecule has 0 aliphatic carbocycles. The normalized spacial score (nSPS) is 16.8. The van der Waals surface area contributed by atoms with Gasteiger partial charge in [0.1, 0.15) is 17.1 Å². The summed E-state index contributed by atoms with van der Waals surface area (Å²) >= 11 is 0. The summed E-state index contributed by atoms with van der Waals surface area (Å²) in [5, 5.41) is 0. The second kappa shape index (κ2) is 7.39. The van der Waals surface area contributed by atoms with Gasteiger partial charge in [-0.2, -0.15) is 0 Å². The van der Waals surface area contributed by atoms with E-state index >= 15 is 0 Å². The third kappa shape index (κ3) is 3.65. The van der Waals surface area contributed by atoms with Crippen molar-refractivity contribution in [2.45, 2.75) is 19.8 Å². The first-order valence-electron chi connectivity index (χ1n) is 9.34. The van der Waals surface area contributed by atoms with E-state index in [9.17, 15) is 4.79 Å². The van der Waals surface area contributed by atoms with Crippen molar-refractivity contribution in [1.82, 2.24) is 19.4 Å². The van der Waals surface area contributed by atoms with Gasteiger partial charge in [0.25, 0.3) is 5.91 Å². The number of hydrogen-bond donors (Lipinski definition) is 0. The van der Waals surface area contributed by atoms with E-state index in [-0.39, 0.29) is 12.5 Å². The SMILES string of the molecule is Cc1ccccc1OCC(=O)N1CC[C@H](Cc2nc3cccnc3n2C)C1. The van der Waals surface area contributed by atoms with Gasteiger partial charge in [0.2, 0.25) is 0 Å². The van der Waals surface area contributed by atoms with Crippen LogP contribution in [0.15, 0.2) is 42.6 Å². The predicted molar refractivity (Wildman–Crippen MR) is 104 cm³/mol. The fourth-order valence-corrected chi connectivity index (χ4v) is 3.69. The van der Waals surface area contributed by atoms with Crippen LogP contribution in [-0.4, -0.2) is 45.0 Å². The van der Waals surface area contributed by atoms with Crippen molar-refractivity contribution < 1.29 is 9.53 Å². The fourth-order valence-electron chi connectivity index (χ4n) is 3.69. The van der Waals surface area contributed by atoms with Crippen LogP contribution in [0.2, 0.25) is 0 Å². The van der Waals surface area contributed by atoms with E-state index in [1.54, 1.807) is 6.20 Å². The number of aromatic nitrogens is 3. The van der Waals surface area contributed by atoms with Gasteiger partial charge < -0.3 is 14.2 Å². The Hall–Kier alpha value is -2.89. The summed E-state index contributed by atoms with van der Waals surface area (Å²) in [5.41, 5.74) is 2.87. The first-order chi connectivity index (χ1) is 13.1. The van der Waals surface area contributed by atoms with Crippen LogP contribution in [0.25, 0.3) is 11.2 Å². The van der Waals surface area contributed by atoms with Gasteiger partial charge in [-0.3, -0.25) is 4.79 Å². The number of benzene rings is 1. The molecule has 6 heteroatoms. The van der Waals surface area contributed by atoms with Gasteiger partial charge >= 0.3 is 0 Å². The van der Waals surface area contributed by atoms with Crippen LogP contribution in [0.3, 0.4) is 0 Å². The molecule has 0 unspecified atom stereocenters. The molecule has 0 spiro atoms. The van der Waals surface area contributed by atoms with E-state index in [0.29, 0.717) is 5.92 Å². The first kappa shape index (κ1) is 17.5. The Morgan fingerprint density at radius 1 is 1.26 bits per heavy atom. The number of carbonyl (C=O) groups excluding carboxylic acids is 1. The standard InChI is InChI=1S/C21H24N4O2/c1-15-6-3-4-8-18(15)27-14-20(26)25-11-9-16(13-25)12-19-23-17-7-5-10-22-21(17)24(19)2/h3-8,10,16H,9,11-14H2,1-2H3/t16-/m1/s1. The van der Waals surface area contributed by atoms with Crippen LogP contribution in [0.1, 0.15) is 17.8 Å². The van der Waals surface area contributed by atoms with Gasteiger partial charge in [-0.15, -0.1) is 0 Å². The van der Waals surface area contributed by atoms with Crippen molar-refractivity contribution >= 4 is 17.1 Å². The highest BCUT2D eigenvalue weighted by Gasteiger charge is 2.28. The minimum Gasteiger partial charge on any atom is -0.484 e. The summed E-state index contributed by atoms with van der Waals surface area (Å²) in [6.45, 7) is 3.61. The number of likely N-dealkylation sites (tertiary alicyclic amines) is 1. The van der Waals surface area contributed by atoms with Gasteiger partial charge in [0, 0.05) is 32.8 Å². The minimum absolute atomic E-state index is 0.0485. The molecule has 3 heterocycles. The lowest BCUT2D eigenvalue weighted by atomic mass is 10.0. The van der Waals surface area contributed by atoms with Crippen molar-refractivity contribution in [2.75, 3.05) is 19.7 Å². The van der Waals surface area contributed by atoms with Crippen LogP contribution >= 0.6 is 0 Å². The maximum Gasteiger partial charge on any atom is 0.260 e. The number of nitrogens with zero attached hydrogens (tertiary/aromatic N) is 4. The Labute approximate surface area is 158 Å². The zero-order valence-corrected chi connectivity index (χ0v) is 15.8. The molecule has 0 saturated carbocycles. The van der Waals surface area contributed by atoms with Crippen LogP contribution < -0.4 is 4.74 Å². The van der Waals surface area contributed by atoms with Crippen molar-refractivity contribution in [3.63, 3.8) is 0 Å². The van der Waals surface area contributed by atoms with Gasteiger partial charge in [0.05, 0.1) is 0 Å².